The van der Waals surface area contributed by atoms with Crippen molar-refractivity contribution in [3.8, 4) is 12.8 Å². The normalized spacial score (nSPS) is 10.7. The van der Waals surface area contributed by atoms with E-state index in [1.165, 1.54) is 6.08 Å². The van der Waals surface area contributed by atoms with Crippen molar-refractivity contribution in [2.45, 2.75) is 27.3 Å². The summed E-state index contributed by atoms with van der Waals surface area (Å²) in [6.07, 6.45) is 12.6. The van der Waals surface area contributed by atoms with Crippen molar-refractivity contribution in [2.24, 2.45) is 0 Å². The van der Waals surface area contributed by atoms with Gasteiger partial charge in [0.15, 0.2) is 0 Å². The molecule has 0 fully saturated rings. The first-order valence-corrected chi connectivity index (χ1v) is 11.7. The Morgan fingerprint density at radius 2 is 1.72 bits per heavy atom. The molecule has 0 saturated carbocycles. The van der Waals surface area contributed by atoms with E-state index in [2.05, 4.69) is 40.3 Å². The largest absolute Gasteiger partial charge is 0.391 e. The SMILES string of the molecule is C#C.C=C(/C=C\C=C(/CO)C(=O)NCCN(C)CC)Nc1c(NCc2ccccc2)c(=O)c1=O.CC. The zero-order valence-corrected chi connectivity index (χ0v) is 21.6. The maximum absolute atomic E-state index is 12.1. The van der Waals surface area contributed by atoms with Crippen LogP contribution in [0.15, 0.2) is 76.0 Å². The third-order valence-electron chi connectivity index (χ3n) is 4.88. The Labute approximate surface area is 214 Å². The van der Waals surface area contributed by atoms with Crippen molar-refractivity contribution in [3.05, 3.63) is 92.4 Å². The number of aliphatic hydroxyl groups is 1. The van der Waals surface area contributed by atoms with Crippen molar-refractivity contribution in [3.63, 3.8) is 0 Å². The molecule has 8 heteroatoms. The maximum atomic E-state index is 12.1. The molecule has 0 spiro atoms. The third kappa shape index (κ3) is 10.6. The summed E-state index contributed by atoms with van der Waals surface area (Å²) in [7, 11) is 1.95. The van der Waals surface area contributed by atoms with Gasteiger partial charge in [0.2, 0.25) is 5.91 Å². The lowest BCUT2D eigenvalue weighted by molar-refractivity contribution is -0.117. The fraction of sp³-hybridized carbons (Fsp3) is 0.321. The topological polar surface area (TPSA) is 111 Å². The number of benzene rings is 1. The molecule has 0 bridgehead atoms. The number of hydrogen-bond donors (Lipinski definition) is 4. The second-order valence-electron chi connectivity index (χ2n) is 7.26. The number of rotatable bonds is 13. The number of allylic oxidation sites excluding steroid dienone is 3. The fourth-order valence-corrected chi connectivity index (χ4v) is 2.78. The average Bonchev–Trinajstić information content (AvgIpc) is 2.92. The van der Waals surface area contributed by atoms with Gasteiger partial charge >= 0.3 is 0 Å². The third-order valence-corrected chi connectivity index (χ3v) is 4.88. The van der Waals surface area contributed by atoms with E-state index in [-0.39, 0.29) is 22.9 Å². The number of carbonyl (C=O) groups is 1. The van der Waals surface area contributed by atoms with Gasteiger partial charge in [-0.3, -0.25) is 14.4 Å². The molecule has 194 valence electrons. The van der Waals surface area contributed by atoms with Crippen LogP contribution >= 0.6 is 0 Å². The van der Waals surface area contributed by atoms with Crippen LogP contribution in [-0.2, 0) is 11.3 Å². The van der Waals surface area contributed by atoms with E-state index in [1.807, 2.05) is 58.2 Å². The van der Waals surface area contributed by atoms with Gasteiger partial charge in [0, 0.05) is 30.9 Å². The van der Waals surface area contributed by atoms with Crippen molar-refractivity contribution >= 4 is 17.3 Å². The van der Waals surface area contributed by atoms with Gasteiger partial charge in [-0.15, -0.1) is 12.8 Å². The first-order chi connectivity index (χ1) is 17.4. The summed E-state index contributed by atoms with van der Waals surface area (Å²) in [5.41, 5.74) is 0.727. The lowest BCUT2D eigenvalue weighted by Gasteiger charge is -2.15. The number of anilines is 2. The quantitative estimate of drug-likeness (QED) is 0.147. The highest BCUT2D eigenvalue weighted by molar-refractivity contribution is 5.93. The number of aliphatic hydroxyl groups excluding tert-OH is 1. The fourth-order valence-electron chi connectivity index (χ4n) is 2.78. The van der Waals surface area contributed by atoms with Crippen LogP contribution in [0.4, 0.5) is 11.4 Å². The maximum Gasteiger partial charge on any atom is 0.253 e. The predicted octanol–water partition coefficient (Wildman–Crippen LogP) is 2.64. The lowest BCUT2D eigenvalue weighted by atomic mass is 10.1. The Bertz CT molecular complexity index is 1090. The molecule has 0 aliphatic heterocycles. The van der Waals surface area contributed by atoms with Gasteiger partial charge in [0.25, 0.3) is 10.9 Å². The van der Waals surface area contributed by atoms with Crippen LogP contribution in [-0.4, -0.2) is 49.2 Å². The zero-order chi connectivity index (χ0) is 27.5. The molecule has 0 unspecified atom stereocenters. The summed E-state index contributed by atoms with van der Waals surface area (Å²) in [6, 6.07) is 9.51. The molecule has 36 heavy (non-hydrogen) atoms. The molecule has 2 aromatic carbocycles. The van der Waals surface area contributed by atoms with Crippen LogP contribution in [0.5, 0.6) is 0 Å². The van der Waals surface area contributed by atoms with Crippen LogP contribution in [0.3, 0.4) is 0 Å². The van der Waals surface area contributed by atoms with Gasteiger partial charge in [-0.05, 0) is 25.2 Å². The van der Waals surface area contributed by atoms with Crippen molar-refractivity contribution in [1.29, 1.82) is 0 Å². The number of terminal acetylenes is 1. The van der Waals surface area contributed by atoms with Gasteiger partial charge in [-0.2, -0.15) is 0 Å². The van der Waals surface area contributed by atoms with Crippen LogP contribution in [0.25, 0.3) is 0 Å². The number of likely N-dealkylation sites (N-methyl/N-ethyl adjacent to an activating group) is 1. The van der Waals surface area contributed by atoms with E-state index in [0.29, 0.717) is 25.3 Å². The summed E-state index contributed by atoms with van der Waals surface area (Å²) < 4.78 is 0. The molecule has 1 amide bonds. The average molecular weight is 495 g/mol. The molecule has 2 aromatic rings. The Balaban J connectivity index is 0.00000291. The predicted molar refractivity (Wildman–Crippen MR) is 150 cm³/mol. The highest BCUT2D eigenvalue weighted by atomic mass is 16.3. The first kappa shape index (κ1) is 32.1. The first-order valence-electron chi connectivity index (χ1n) is 11.7. The second kappa shape index (κ2) is 18.4. The summed E-state index contributed by atoms with van der Waals surface area (Å²) >= 11 is 0. The molecule has 0 aliphatic rings. The molecule has 0 saturated heterocycles. The number of nitrogens with zero attached hydrogens (tertiary/aromatic N) is 1. The lowest BCUT2D eigenvalue weighted by Crippen LogP contribution is -2.37. The van der Waals surface area contributed by atoms with Crippen LogP contribution in [0.2, 0.25) is 0 Å². The smallest absolute Gasteiger partial charge is 0.253 e. The summed E-state index contributed by atoms with van der Waals surface area (Å²) in [5.74, 6) is -0.352. The molecule has 2 rings (SSSR count). The van der Waals surface area contributed by atoms with Crippen LogP contribution in [0.1, 0.15) is 26.3 Å². The van der Waals surface area contributed by atoms with E-state index in [9.17, 15) is 19.5 Å². The number of carbonyl (C=O) groups excluding carboxylic acids is 1. The standard InChI is InChI=1S/C24H30N4O4.C2H6.C2H2/c1-4-28(3)14-13-25-24(32)19(16-29)12-8-9-17(2)27-21-20(22(30)23(21)31)26-15-18-10-6-5-7-11-18;2*1-2/h5-12,26-27,29H,2,4,13-16H2,1,3H3,(H,25,32);1-2H3;1-2H/b9-8-,19-12+;;. The minimum atomic E-state index is -0.613. The summed E-state index contributed by atoms with van der Waals surface area (Å²) in [6.45, 7) is 11.9. The van der Waals surface area contributed by atoms with Gasteiger partial charge in [-0.1, -0.05) is 69.8 Å². The molecule has 0 heterocycles. The van der Waals surface area contributed by atoms with E-state index in [1.54, 1.807) is 12.2 Å². The van der Waals surface area contributed by atoms with Crippen molar-refractivity contribution in [2.75, 3.05) is 43.9 Å². The van der Waals surface area contributed by atoms with Crippen LogP contribution in [0, 0.1) is 12.8 Å². The monoisotopic (exact) mass is 494 g/mol. The van der Waals surface area contributed by atoms with Crippen LogP contribution < -0.4 is 26.8 Å². The van der Waals surface area contributed by atoms with Crippen molar-refractivity contribution in [1.82, 2.24) is 10.2 Å². The van der Waals surface area contributed by atoms with E-state index >= 15 is 0 Å². The Morgan fingerprint density at radius 1 is 1.11 bits per heavy atom. The Hall–Kier alpha value is -3.93. The van der Waals surface area contributed by atoms with E-state index in [0.717, 1.165) is 12.1 Å². The van der Waals surface area contributed by atoms with Crippen molar-refractivity contribution < 1.29 is 9.90 Å². The molecule has 0 radical (unpaired) electrons. The molecular formula is C28H38N4O4. The molecule has 8 nitrogen and oxygen atoms in total. The summed E-state index contributed by atoms with van der Waals surface area (Å²) in [4.78, 5) is 38.0. The Morgan fingerprint density at radius 3 is 2.31 bits per heavy atom. The molecule has 0 aliphatic carbocycles. The number of amides is 1. The highest BCUT2D eigenvalue weighted by Gasteiger charge is 2.20. The minimum Gasteiger partial charge on any atom is -0.391 e. The molecule has 0 atom stereocenters. The summed E-state index contributed by atoms with van der Waals surface area (Å²) in [5, 5.41) is 18.0. The Kier molecular flexibility index (Phi) is 16.4. The van der Waals surface area contributed by atoms with E-state index < -0.39 is 17.5 Å². The molecule has 4 N–H and O–H groups in total. The van der Waals surface area contributed by atoms with Gasteiger partial charge in [0.1, 0.15) is 11.4 Å². The number of hydrogen-bond acceptors (Lipinski definition) is 7. The zero-order valence-electron chi connectivity index (χ0n) is 21.6. The number of nitrogens with one attached hydrogen (secondary N) is 3. The van der Waals surface area contributed by atoms with Gasteiger partial charge in [0.05, 0.1) is 6.61 Å². The van der Waals surface area contributed by atoms with Gasteiger partial charge < -0.3 is 26.0 Å². The van der Waals surface area contributed by atoms with Gasteiger partial charge in [-0.25, -0.2) is 0 Å². The minimum absolute atomic E-state index is 0.157. The molecular weight excluding hydrogens is 456 g/mol. The molecule has 0 aromatic heterocycles. The van der Waals surface area contributed by atoms with E-state index in [4.69, 9.17) is 0 Å². The second-order valence-corrected chi connectivity index (χ2v) is 7.26. The highest BCUT2D eigenvalue weighted by Crippen LogP contribution is 2.17.